The molecular weight excluding hydrogens is 190 g/mol. The van der Waals surface area contributed by atoms with Crippen LogP contribution in [-0.2, 0) is 4.79 Å². The summed E-state index contributed by atoms with van der Waals surface area (Å²) in [7, 11) is 0. The van der Waals surface area contributed by atoms with Gasteiger partial charge in [-0.1, -0.05) is 18.2 Å². The van der Waals surface area contributed by atoms with E-state index in [1.165, 1.54) is 4.90 Å². The minimum atomic E-state index is -0.264. The molecule has 0 spiro atoms. The SMILES string of the molecule is O=C1C2=CC=CC3=C=CC=C(C32)N1CO. The average molecular weight is 199 g/mol. The second kappa shape index (κ2) is 2.83. The molecule has 2 aliphatic carbocycles. The number of hydrogen-bond acceptors (Lipinski definition) is 2. The van der Waals surface area contributed by atoms with Gasteiger partial charge in [0.15, 0.2) is 0 Å². The smallest absolute Gasteiger partial charge is 0.256 e. The first-order chi connectivity index (χ1) is 7.33. The standard InChI is InChI=1S/C12H9NO2/c14-7-13-10-6-2-4-8-3-1-5-9(11(8)10)12(13)15/h1-3,5-6,11,14H,7H2. The highest BCUT2D eigenvalue weighted by atomic mass is 16.3. The predicted molar refractivity (Wildman–Crippen MR) is 54.3 cm³/mol. The van der Waals surface area contributed by atoms with Crippen molar-refractivity contribution in [2.45, 2.75) is 0 Å². The van der Waals surface area contributed by atoms with E-state index in [0.29, 0.717) is 0 Å². The van der Waals surface area contributed by atoms with Gasteiger partial charge in [-0.2, -0.15) is 0 Å². The molecular formula is C12H9NO2. The van der Waals surface area contributed by atoms with Gasteiger partial charge in [-0.25, -0.2) is 0 Å². The van der Waals surface area contributed by atoms with Crippen molar-refractivity contribution in [1.29, 1.82) is 0 Å². The molecule has 0 aromatic heterocycles. The monoisotopic (exact) mass is 199 g/mol. The fraction of sp³-hybridized carbons (Fsp3) is 0.167. The minimum absolute atomic E-state index is 0.0142. The number of hydrogen-bond donors (Lipinski definition) is 1. The number of carbonyl (C=O) groups excluding carboxylic acids is 1. The van der Waals surface area contributed by atoms with Gasteiger partial charge in [0.05, 0.1) is 5.92 Å². The maximum absolute atomic E-state index is 11.9. The Labute approximate surface area is 87.0 Å². The van der Waals surface area contributed by atoms with E-state index in [1.807, 2.05) is 24.3 Å². The summed E-state index contributed by atoms with van der Waals surface area (Å²) >= 11 is 0. The van der Waals surface area contributed by atoms with Crippen molar-refractivity contribution in [3.8, 4) is 0 Å². The Balaban J connectivity index is 2.22. The van der Waals surface area contributed by atoms with E-state index in [0.717, 1.165) is 16.8 Å². The first-order valence-corrected chi connectivity index (χ1v) is 4.80. The molecule has 3 aliphatic rings. The highest BCUT2D eigenvalue weighted by Crippen LogP contribution is 2.41. The third-order valence-corrected chi connectivity index (χ3v) is 2.92. The van der Waals surface area contributed by atoms with Crippen molar-refractivity contribution in [3.05, 3.63) is 53.0 Å². The van der Waals surface area contributed by atoms with Crippen LogP contribution < -0.4 is 0 Å². The van der Waals surface area contributed by atoms with Crippen LogP contribution in [0.25, 0.3) is 0 Å². The number of likely N-dealkylation sites (tertiary alicyclic amines) is 1. The lowest BCUT2D eigenvalue weighted by Crippen LogP contribution is -2.25. The topological polar surface area (TPSA) is 40.5 Å². The number of amides is 1. The van der Waals surface area contributed by atoms with Crippen molar-refractivity contribution in [2.24, 2.45) is 5.92 Å². The van der Waals surface area contributed by atoms with E-state index < -0.39 is 0 Å². The molecule has 74 valence electrons. The van der Waals surface area contributed by atoms with Crippen LogP contribution in [0.15, 0.2) is 53.0 Å². The van der Waals surface area contributed by atoms with Crippen LogP contribution >= 0.6 is 0 Å². The maximum Gasteiger partial charge on any atom is 0.256 e. The van der Waals surface area contributed by atoms with Gasteiger partial charge in [0.2, 0.25) is 0 Å². The van der Waals surface area contributed by atoms with E-state index in [2.05, 4.69) is 5.73 Å². The molecule has 1 amide bonds. The van der Waals surface area contributed by atoms with Gasteiger partial charge in [-0.3, -0.25) is 9.69 Å². The fourth-order valence-corrected chi connectivity index (χ4v) is 2.24. The molecule has 3 nitrogen and oxygen atoms in total. The number of allylic oxidation sites excluding steroid dienone is 5. The molecule has 1 saturated heterocycles. The molecule has 3 rings (SSSR count). The summed E-state index contributed by atoms with van der Waals surface area (Å²) in [4.78, 5) is 13.3. The highest BCUT2D eigenvalue weighted by Gasteiger charge is 2.41. The van der Waals surface area contributed by atoms with Gasteiger partial charge in [-0.15, -0.1) is 5.73 Å². The number of carbonyl (C=O) groups is 1. The zero-order chi connectivity index (χ0) is 10.4. The number of aliphatic hydroxyl groups is 1. The van der Waals surface area contributed by atoms with Crippen molar-refractivity contribution >= 4 is 5.91 Å². The Kier molecular flexibility index (Phi) is 1.60. The number of nitrogens with zero attached hydrogens (tertiary/aromatic N) is 1. The van der Waals surface area contributed by atoms with E-state index >= 15 is 0 Å². The van der Waals surface area contributed by atoms with Crippen LogP contribution in [0.5, 0.6) is 0 Å². The number of aliphatic hydroxyl groups excluding tert-OH is 1. The van der Waals surface area contributed by atoms with E-state index in [9.17, 15) is 4.79 Å². The molecule has 0 aromatic rings. The van der Waals surface area contributed by atoms with Crippen molar-refractivity contribution in [1.82, 2.24) is 4.90 Å². The Morgan fingerprint density at radius 2 is 2.33 bits per heavy atom. The largest absolute Gasteiger partial charge is 0.376 e. The molecule has 1 N–H and O–H groups in total. The molecule has 1 heterocycles. The zero-order valence-corrected chi connectivity index (χ0v) is 7.97. The second-order valence-corrected chi connectivity index (χ2v) is 3.65. The van der Waals surface area contributed by atoms with Crippen molar-refractivity contribution in [3.63, 3.8) is 0 Å². The van der Waals surface area contributed by atoms with Crippen LogP contribution in [0, 0.1) is 5.92 Å². The lowest BCUT2D eigenvalue weighted by Gasteiger charge is -2.19. The van der Waals surface area contributed by atoms with Gasteiger partial charge in [0, 0.05) is 16.8 Å². The van der Waals surface area contributed by atoms with Crippen LogP contribution in [0.4, 0.5) is 0 Å². The molecule has 15 heavy (non-hydrogen) atoms. The quantitative estimate of drug-likeness (QED) is 0.636. The molecule has 0 radical (unpaired) electrons. The maximum atomic E-state index is 11.9. The molecule has 0 aromatic carbocycles. The minimum Gasteiger partial charge on any atom is -0.376 e. The molecule has 1 fully saturated rings. The average Bonchev–Trinajstić information content (AvgIpc) is 2.55. The summed E-state index contributed by atoms with van der Waals surface area (Å²) in [6.45, 7) is -0.264. The van der Waals surface area contributed by atoms with Crippen molar-refractivity contribution in [2.75, 3.05) is 6.73 Å². The third kappa shape index (κ3) is 0.962. The van der Waals surface area contributed by atoms with Gasteiger partial charge in [0.25, 0.3) is 5.91 Å². The first kappa shape index (κ1) is 8.48. The molecule has 0 saturated carbocycles. The second-order valence-electron chi connectivity index (χ2n) is 3.65. The third-order valence-electron chi connectivity index (χ3n) is 2.92. The summed E-state index contributed by atoms with van der Waals surface area (Å²) in [5, 5.41) is 9.17. The van der Waals surface area contributed by atoms with E-state index in [1.54, 1.807) is 6.08 Å². The molecule has 1 aliphatic heterocycles. The zero-order valence-electron chi connectivity index (χ0n) is 7.97. The lowest BCUT2D eigenvalue weighted by atomic mass is 9.86. The Morgan fingerprint density at radius 1 is 1.47 bits per heavy atom. The predicted octanol–water partition coefficient (Wildman–Crippen LogP) is 0.870. The van der Waals surface area contributed by atoms with E-state index in [4.69, 9.17) is 5.11 Å². The normalized spacial score (nSPS) is 26.2. The van der Waals surface area contributed by atoms with Crippen LogP contribution in [0.2, 0.25) is 0 Å². The van der Waals surface area contributed by atoms with Crippen molar-refractivity contribution < 1.29 is 9.90 Å². The number of rotatable bonds is 1. The highest BCUT2D eigenvalue weighted by molar-refractivity contribution is 6.01. The summed E-state index contributed by atoms with van der Waals surface area (Å²) < 4.78 is 0. The summed E-state index contributed by atoms with van der Waals surface area (Å²) in [6.07, 6.45) is 9.24. The van der Waals surface area contributed by atoms with Gasteiger partial charge < -0.3 is 5.11 Å². The molecule has 3 heteroatoms. The van der Waals surface area contributed by atoms with Gasteiger partial charge >= 0.3 is 0 Å². The van der Waals surface area contributed by atoms with Crippen LogP contribution in [-0.4, -0.2) is 22.6 Å². The Hall–Kier alpha value is -1.83. The molecule has 0 bridgehead atoms. The summed E-state index contributed by atoms with van der Waals surface area (Å²) in [5.41, 5.74) is 5.69. The van der Waals surface area contributed by atoms with Gasteiger partial charge in [0.1, 0.15) is 6.73 Å². The molecule has 1 atom stereocenters. The van der Waals surface area contributed by atoms with Crippen LogP contribution in [0.1, 0.15) is 0 Å². The fourth-order valence-electron chi connectivity index (χ4n) is 2.24. The van der Waals surface area contributed by atoms with E-state index in [-0.39, 0.29) is 18.6 Å². The molecule has 1 unspecified atom stereocenters. The Bertz CT molecular complexity index is 502. The Morgan fingerprint density at radius 3 is 3.13 bits per heavy atom. The summed E-state index contributed by atoms with van der Waals surface area (Å²) in [6, 6.07) is 0. The first-order valence-electron chi connectivity index (χ1n) is 4.80. The van der Waals surface area contributed by atoms with Gasteiger partial charge in [-0.05, 0) is 12.2 Å². The summed E-state index contributed by atoms with van der Waals surface area (Å²) in [5.74, 6) is -0.118. The lowest BCUT2D eigenvalue weighted by molar-refractivity contribution is -0.126. The van der Waals surface area contributed by atoms with Crippen LogP contribution in [0.3, 0.4) is 0 Å².